The van der Waals surface area contributed by atoms with Crippen LogP contribution in [-0.4, -0.2) is 5.11 Å². The number of phenols is 1. The third-order valence-corrected chi connectivity index (χ3v) is 6.27. The third kappa shape index (κ3) is 2.80. The van der Waals surface area contributed by atoms with Crippen LogP contribution in [0.3, 0.4) is 0 Å². The molecule has 0 saturated carbocycles. The van der Waals surface area contributed by atoms with Crippen LogP contribution in [0.2, 0.25) is 0 Å². The fourth-order valence-corrected chi connectivity index (χ4v) is 4.58. The molecule has 0 radical (unpaired) electrons. The van der Waals surface area contributed by atoms with E-state index in [-0.39, 0.29) is 5.41 Å². The standard InChI is InChI=1S/C24H32O2/c1-9-18-12-20-22(17(5)16(18)4)26-24(8,13-23(20,6)7)19-10-14(2)21(25)15(3)11-19/h10-12,25H,9,13H2,1-8H3. The molecule has 1 atom stereocenters. The number of hydrogen-bond acceptors (Lipinski definition) is 2. The maximum absolute atomic E-state index is 10.2. The molecule has 2 aromatic rings. The van der Waals surface area contributed by atoms with E-state index in [9.17, 15) is 5.11 Å². The Kier molecular flexibility index (Phi) is 4.37. The molecule has 0 aliphatic carbocycles. The van der Waals surface area contributed by atoms with E-state index in [1.54, 1.807) is 0 Å². The molecule has 2 heteroatoms. The lowest BCUT2D eigenvalue weighted by Crippen LogP contribution is -2.42. The number of benzene rings is 2. The summed E-state index contributed by atoms with van der Waals surface area (Å²) in [7, 11) is 0. The molecule has 1 aliphatic rings. The predicted molar refractivity (Wildman–Crippen MR) is 108 cm³/mol. The van der Waals surface area contributed by atoms with E-state index in [0.717, 1.165) is 35.3 Å². The molecule has 0 saturated heterocycles. The Morgan fingerprint density at radius 3 is 2.08 bits per heavy atom. The summed E-state index contributed by atoms with van der Waals surface area (Å²) in [5, 5.41) is 10.2. The van der Waals surface area contributed by atoms with E-state index in [1.165, 1.54) is 22.3 Å². The van der Waals surface area contributed by atoms with Gasteiger partial charge >= 0.3 is 0 Å². The fraction of sp³-hybridized carbons (Fsp3) is 0.500. The maximum Gasteiger partial charge on any atom is 0.132 e. The van der Waals surface area contributed by atoms with Gasteiger partial charge in [0.1, 0.15) is 17.1 Å². The predicted octanol–water partition coefficient (Wildman–Crippen LogP) is 6.16. The molecule has 26 heavy (non-hydrogen) atoms. The average Bonchev–Trinajstić information content (AvgIpc) is 2.55. The molecule has 2 nitrogen and oxygen atoms in total. The van der Waals surface area contributed by atoms with E-state index in [1.807, 2.05) is 13.8 Å². The van der Waals surface area contributed by atoms with Crippen LogP contribution < -0.4 is 4.74 Å². The zero-order valence-electron chi connectivity index (χ0n) is 17.5. The number of aromatic hydroxyl groups is 1. The van der Waals surface area contributed by atoms with Gasteiger partial charge in [0.25, 0.3) is 0 Å². The summed E-state index contributed by atoms with van der Waals surface area (Å²) < 4.78 is 6.72. The van der Waals surface area contributed by atoms with Gasteiger partial charge in [-0.3, -0.25) is 0 Å². The smallest absolute Gasteiger partial charge is 0.132 e. The number of rotatable bonds is 2. The van der Waals surface area contributed by atoms with Gasteiger partial charge in [-0.05, 0) is 92.0 Å². The van der Waals surface area contributed by atoms with Gasteiger partial charge in [0, 0.05) is 12.0 Å². The molecule has 140 valence electrons. The molecule has 0 bridgehead atoms. The molecular weight excluding hydrogens is 320 g/mol. The van der Waals surface area contributed by atoms with Crippen LogP contribution in [0.5, 0.6) is 11.5 Å². The largest absolute Gasteiger partial charge is 0.507 e. The fourth-order valence-electron chi connectivity index (χ4n) is 4.58. The topological polar surface area (TPSA) is 29.5 Å². The number of aryl methyl sites for hydroxylation is 3. The van der Waals surface area contributed by atoms with Crippen molar-refractivity contribution in [2.24, 2.45) is 0 Å². The Hall–Kier alpha value is -1.96. The monoisotopic (exact) mass is 352 g/mol. The van der Waals surface area contributed by atoms with Crippen molar-refractivity contribution in [3.05, 3.63) is 57.1 Å². The molecule has 0 aromatic heterocycles. The minimum atomic E-state index is -0.412. The van der Waals surface area contributed by atoms with E-state index in [0.29, 0.717) is 5.75 Å². The molecule has 0 spiro atoms. The highest BCUT2D eigenvalue weighted by Crippen LogP contribution is 2.51. The summed E-state index contributed by atoms with van der Waals surface area (Å²) in [5.74, 6) is 1.43. The zero-order chi connectivity index (χ0) is 19.4. The first-order valence-electron chi connectivity index (χ1n) is 9.63. The van der Waals surface area contributed by atoms with Crippen molar-refractivity contribution < 1.29 is 9.84 Å². The third-order valence-electron chi connectivity index (χ3n) is 6.27. The summed E-state index contributed by atoms with van der Waals surface area (Å²) >= 11 is 0. The van der Waals surface area contributed by atoms with Gasteiger partial charge < -0.3 is 9.84 Å². The van der Waals surface area contributed by atoms with Crippen LogP contribution in [0.15, 0.2) is 18.2 Å². The van der Waals surface area contributed by atoms with Crippen molar-refractivity contribution in [3.63, 3.8) is 0 Å². The van der Waals surface area contributed by atoms with E-state index >= 15 is 0 Å². The Balaban J connectivity index is 2.20. The minimum Gasteiger partial charge on any atom is -0.507 e. The first-order chi connectivity index (χ1) is 12.0. The van der Waals surface area contributed by atoms with Gasteiger partial charge in [0.15, 0.2) is 0 Å². The molecule has 1 N–H and O–H groups in total. The first-order valence-corrected chi connectivity index (χ1v) is 9.63. The lowest BCUT2D eigenvalue weighted by Gasteiger charge is -2.46. The van der Waals surface area contributed by atoms with Crippen LogP contribution in [0.25, 0.3) is 0 Å². The highest BCUT2D eigenvalue weighted by molar-refractivity contribution is 5.55. The number of phenolic OH excluding ortho intramolecular Hbond substituents is 1. The molecule has 1 unspecified atom stereocenters. The second-order valence-electron chi connectivity index (χ2n) is 8.87. The summed E-state index contributed by atoms with van der Waals surface area (Å²) in [5.41, 5.74) is 7.88. The Morgan fingerprint density at radius 2 is 1.54 bits per heavy atom. The molecule has 2 aromatic carbocycles. The maximum atomic E-state index is 10.2. The Morgan fingerprint density at radius 1 is 0.962 bits per heavy atom. The highest BCUT2D eigenvalue weighted by atomic mass is 16.5. The van der Waals surface area contributed by atoms with Crippen LogP contribution >= 0.6 is 0 Å². The first kappa shape index (κ1) is 18.8. The van der Waals surface area contributed by atoms with Crippen molar-refractivity contribution in [1.82, 2.24) is 0 Å². The van der Waals surface area contributed by atoms with Gasteiger partial charge in [-0.1, -0.05) is 26.8 Å². The molecular formula is C24H32O2. The van der Waals surface area contributed by atoms with Crippen molar-refractivity contribution in [1.29, 1.82) is 0 Å². The van der Waals surface area contributed by atoms with Gasteiger partial charge in [-0.25, -0.2) is 0 Å². The van der Waals surface area contributed by atoms with Crippen LogP contribution in [0.4, 0.5) is 0 Å². The van der Waals surface area contributed by atoms with Gasteiger partial charge in [-0.2, -0.15) is 0 Å². The Bertz CT molecular complexity index is 853. The quantitative estimate of drug-likeness (QED) is 0.701. The van der Waals surface area contributed by atoms with Gasteiger partial charge in [0.2, 0.25) is 0 Å². The molecule has 1 heterocycles. The second kappa shape index (κ2) is 6.04. The SMILES string of the molecule is CCc1cc2c(c(C)c1C)OC(C)(c1cc(C)c(O)c(C)c1)CC2(C)C. The summed E-state index contributed by atoms with van der Waals surface area (Å²) in [6, 6.07) is 6.50. The van der Waals surface area contributed by atoms with Crippen LogP contribution in [0, 0.1) is 27.7 Å². The lowest BCUT2D eigenvalue weighted by molar-refractivity contribution is 0.0314. The van der Waals surface area contributed by atoms with E-state index in [2.05, 4.69) is 59.7 Å². The molecule has 1 aliphatic heterocycles. The van der Waals surface area contributed by atoms with Crippen molar-refractivity contribution in [2.45, 2.75) is 79.2 Å². The van der Waals surface area contributed by atoms with Gasteiger partial charge in [-0.15, -0.1) is 0 Å². The molecule has 0 amide bonds. The lowest BCUT2D eigenvalue weighted by atomic mass is 9.69. The van der Waals surface area contributed by atoms with E-state index in [4.69, 9.17) is 4.74 Å². The normalized spacial score (nSPS) is 21.2. The minimum absolute atomic E-state index is 0.0183. The van der Waals surface area contributed by atoms with E-state index < -0.39 is 5.60 Å². The number of hydrogen-bond donors (Lipinski definition) is 1. The summed E-state index contributed by atoms with van der Waals surface area (Å²) in [6.45, 7) is 17.3. The zero-order valence-corrected chi connectivity index (χ0v) is 17.5. The van der Waals surface area contributed by atoms with Crippen LogP contribution in [0.1, 0.15) is 73.1 Å². The van der Waals surface area contributed by atoms with Crippen LogP contribution in [-0.2, 0) is 17.4 Å². The highest BCUT2D eigenvalue weighted by Gasteiger charge is 2.44. The number of ether oxygens (including phenoxy) is 1. The Labute approximate surface area is 158 Å². The van der Waals surface area contributed by atoms with Crippen molar-refractivity contribution >= 4 is 0 Å². The summed E-state index contributed by atoms with van der Waals surface area (Å²) in [6.07, 6.45) is 1.95. The van der Waals surface area contributed by atoms with Gasteiger partial charge in [0.05, 0.1) is 0 Å². The second-order valence-corrected chi connectivity index (χ2v) is 8.87. The molecule has 0 fully saturated rings. The van der Waals surface area contributed by atoms with Crippen molar-refractivity contribution in [2.75, 3.05) is 0 Å². The van der Waals surface area contributed by atoms with Crippen molar-refractivity contribution in [3.8, 4) is 11.5 Å². The summed E-state index contributed by atoms with van der Waals surface area (Å²) in [4.78, 5) is 0. The number of fused-ring (bicyclic) bond motifs is 1. The average molecular weight is 353 g/mol. The molecule has 3 rings (SSSR count).